The van der Waals surface area contributed by atoms with Crippen molar-refractivity contribution in [2.45, 2.75) is 9.79 Å². The monoisotopic (exact) mass is 266 g/mol. The van der Waals surface area contributed by atoms with E-state index in [2.05, 4.69) is 0 Å². The van der Waals surface area contributed by atoms with E-state index < -0.39 is 15.8 Å². The fourth-order valence-corrected chi connectivity index (χ4v) is 4.98. The van der Waals surface area contributed by atoms with Crippen molar-refractivity contribution < 1.29 is 18.3 Å². The van der Waals surface area contributed by atoms with Crippen LogP contribution in [0, 0.1) is 0 Å². The van der Waals surface area contributed by atoms with Crippen LogP contribution in [0.4, 0.5) is 0 Å². The van der Waals surface area contributed by atoms with Crippen molar-refractivity contribution in [1.29, 1.82) is 0 Å². The van der Waals surface area contributed by atoms with Crippen molar-refractivity contribution in [1.82, 2.24) is 0 Å². The molecule has 0 bridgehead atoms. The number of sulfone groups is 1. The predicted octanol–water partition coefficient (Wildman–Crippen LogP) is 2.26. The van der Waals surface area contributed by atoms with Crippen LogP contribution < -0.4 is 0 Å². The third kappa shape index (κ3) is 1.28. The topological polar surface area (TPSA) is 71.4 Å². The zero-order chi connectivity index (χ0) is 12.2. The molecule has 3 rings (SSSR count). The van der Waals surface area contributed by atoms with Gasteiger partial charge in [0.25, 0.3) is 0 Å². The van der Waals surface area contributed by atoms with Crippen molar-refractivity contribution in [2.75, 3.05) is 0 Å². The Morgan fingerprint density at radius 3 is 2.59 bits per heavy atom. The van der Waals surface area contributed by atoms with Crippen LogP contribution in [-0.2, 0) is 9.84 Å². The lowest BCUT2D eigenvalue weighted by molar-refractivity contribution is 0.0702. The maximum atomic E-state index is 12.1. The summed E-state index contributed by atoms with van der Waals surface area (Å²) in [6.45, 7) is 0. The molecule has 1 N–H and O–H groups in total. The number of rotatable bonds is 1. The maximum absolute atomic E-state index is 12.1. The van der Waals surface area contributed by atoms with E-state index >= 15 is 0 Å². The number of carbonyl (C=O) groups is 1. The van der Waals surface area contributed by atoms with Crippen LogP contribution in [0.3, 0.4) is 0 Å². The smallest absolute Gasteiger partial charge is 0.345 e. The molecule has 0 amide bonds. The third-order valence-corrected chi connectivity index (χ3v) is 5.74. The second kappa shape index (κ2) is 3.18. The van der Waals surface area contributed by atoms with E-state index in [1.165, 1.54) is 12.1 Å². The van der Waals surface area contributed by atoms with Gasteiger partial charge in [0.1, 0.15) is 4.88 Å². The molecule has 0 saturated heterocycles. The van der Waals surface area contributed by atoms with Gasteiger partial charge in [-0.25, -0.2) is 13.2 Å². The summed E-state index contributed by atoms with van der Waals surface area (Å²) in [5.41, 5.74) is 0.597. The number of thiophene rings is 1. The number of benzene rings is 1. The molecule has 1 aliphatic rings. The minimum absolute atomic E-state index is 0.0491. The highest BCUT2D eigenvalue weighted by molar-refractivity contribution is 7.92. The second-order valence-corrected chi connectivity index (χ2v) is 6.55. The molecule has 0 saturated carbocycles. The van der Waals surface area contributed by atoms with E-state index in [9.17, 15) is 13.2 Å². The van der Waals surface area contributed by atoms with Gasteiger partial charge in [0.15, 0.2) is 0 Å². The summed E-state index contributed by atoms with van der Waals surface area (Å²) >= 11 is 0.996. The SMILES string of the molecule is O=C(O)c1cc2c(s1)-c1ccccc1S2(=O)=O. The minimum atomic E-state index is -3.53. The summed E-state index contributed by atoms with van der Waals surface area (Å²) < 4.78 is 24.3. The van der Waals surface area contributed by atoms with Gasteiger partial charge in [-0.05, 0) is 12.1 Å². The molecule has 0 fully saturated rings. The van der Waals surface area contributed by atoms with Gasteiger partial charge in [-0.1, -0.05) is 18.2 Å². The Balaban J connectivity index is 2.40. The van der Waals surface area contributed by atoms with E-state index in [1.54, 1.807) is 18.2 Å². The Bertz CT molecular complexity index is 741. The average Bonchev–Trinajstić information content (AvgIpc) is 2.80. The lowest BCUT2D eigenvalue weighted by Gasteiger charge is -1.97. The van der Waals surface area contributed by atoms with Crippen LogP contribution in [0.1, 0.15) is 9.67 Å². The molecule has 86 valence electrons. The van der Waals surface area contributed by atoms with Gasteiger partial charge in [-0.2, -0.15) is 0 Å². The summed E-state index contributed by atoms with van der Waals surface area (Å²) in [6, 6.07) is 7.87. The average molecular weight is 266 g/mol. The number of hydrogen-bond donors (Lipinski definition) is 1. The normalized spacial score (nSPS) is 15.3. The summed E-state index contributed by atoms with van der Waals surface area (Å²) in [5.74, 6) is -1.10. The molecule has 1 aromatic heterocycles. The molecule has 0 atom stereocenters. The molecule has 6 heteroatoms. The quantitative estimate of drug-likeness (QED) is 0.733. The van der Waals surface area contributed by atoms with E-state index in [0.717, 1.165) is 11.3 Å². The molecule has 0 aliphatic carbocycles. The Labute approximate surface area is 101 Å². The number of fused-ring (bicyclic) bond motifs is 3. The zero-order valence-electron chi connectivity index (χ0n) is 8.38. The Hall–Kier alpha value is -1.66. The zero-order valence-corrected chi connectivity index (χ0v) is 10.0. The molecule has 17 heavy (non-hydrogen) atoms. The fraction of sp³-hybridized carbons (Fsp3) is 0. The van der Waals surface area contributed by atoms with E-state index in [-0.39, 0.29) is 14.7 Å². The van der Waals surface area contributed by atoms with E-state index in [0.29, 0.717) is 10.4 Å². The first-order valence-corrected chi connectivity index (χ1v) is 7.03. The molecule has 1 aliphatic heterocycles. The van der Waals surface area contributed by atoms with Crippen molar-refractivity contribution in [3.8, 4) is 10.4 Å². The van der Waals surface area contributed by atoms with Crippen molar-refractivity contribution in [3.63, 3.8) is 0 Å². The number of aromatic carboxylic acids is 1. The summed E-state index contributed by atoms with van der Waals surface area (Å²) in [4.78, 5) is 11.8. The highest BCUT2D eigenvalue weighted by Gasteiger charge is 2.35. The van der Waals surface area contributed by atoms with Gasteiger partial charge in [0, 0.05) is 5.56 Å². The van der Waals surface area contributed by atoms with Crippen molar-refractivity contribution in [2.24, 2.45) is 0 Å². The first-order valence-electron chi connectivity index (χ1n) is 4.73. The number of hydrogen-bond acceptors (Lipinski definition) is 4. The van der Waals surface area contributed by atoms with Gasteiger partial charge < -0.3 is 5.11 Å². The predicted molar refractivity (Wildman–Crippen MR) is 62.2 cm³/mol. The lowest BCUT2D eigenvalue weighted by atomic mass is 10.2. The van der Waals surface area contributed by atoms with E-state index in [4.69, 9.17) is 5.11 Å². The first kappa shape index (κ1) is 10.5. The van der Waals surface area contributed by atoms with Gasteiger partial charge in [0.2, 0.25) is 9.84 Å². The molecule has 0 radical (unpaired) electrons. The summed E-state index contributed by atoms with van der Waals surface area (Å²) in [7, 11) is -3.53. The second-order valence-electron chi connectivity index (χ2n) is 3.61. The van der Waals surface area contributed by atoms with Gasteiger partial charge in [-0.15, -0.1) is 11.3 Å². The van der Waals surface area contributed by atoms with Crippen molar-refractivity contribution in [3.05, 3.63) is 35.2 Å². The van der Waals surface area contributed by atoms with Gasteiger partial charge in [-0.3, -0.25) is 0 Å². The van der Waals surface area contributed by atoms with Gasteiger partial charge in [0.05, 0.1) is 14.7 Å². The molecule has 0 unspecified atom stereocenters. The largest absolute Gasteiger partial charge is 0.477 e. The third-order valence-electron chi connectivity index (χ3n) is 2.62. The molecule has 2 heterocycles. The van der Waals surface area contributed by atoms with Crippen LogP contribution in [0.5, 0.6) is 0 Å². The highest BCUT2D eigenvalue weighted by Crippen LogP contribution is 2.47. The number of carboxylic acid groups (broad SMARTS) is 1. The molecule has 2 aromatic rings. The minimum Gasteiger partial charge on any atom is -0.477 e. The van der Waals surface area contributed by atoms with E-state index in [1.807, 2.05) is 0 Å². The van der Waals surface area contributed by atoms with Crippen molar-refractivity contribution >= 4 is 27.1 Å². The Morgan fingerprint density at radius 2 is 1.88 bits per heavy atom. The first-order chi connectivity index (χ1) is 8.01. The summed E-state index contributed by atoms with van der Waals surface area (Å²) in [6.07, 6.45) is 0. The van der Waals surface area contributed by atoms with Crippen LogP contribution in [-0.4, -0.2) is 19.5 Å². The van der Waals surface area contributed by atoms with Gasteiger partial charge >= 0.3 is 5.97 Å². The molecule has 1 aromatic carbocycles. The number of carboxylic acids is 1. The Kier molecular flexibility index (Phi) is 1.96. The Morgan fingerprint density at radius 1 is 1.18 bits per heavy atom. The fourth-order valence-electron chi connectivity index (χ4n) is 1.87. The van der Waals surface area contributed by atoms with Crippen LogP contribution in [0.2, 0.25) is 0 Å². The molecule has 4 nitrogen and oxygen atoms in total. The van der Waals surface area contributed by atoms with Crippen LogP contribution in [0.25, 0.3) is 10.4 Å². The highest BCUT2D eigenvalue weighted by atomic mass is 32.2. The lowest BCUT2D eigenvalue weighted by Crippen LogP contribution is -1.97. The maximum Gasteiger partial charge on any atom is 0.345 e. The van der Waals surface area contributed by atoms with Crippen LogP contribution >= 0.6 is 11.3 Å². The summed E-state index contributed by atoms with van der Waals surface area (Å²) in [5, 5.41) is 8.88. The molecular weight excluding hydrogens is 260 g/mol. The standard InChI is InChI=1S/C11H6O4S2/c12-11(13)7-5-9-10(16-7)6-3-1-2-4-8(6)17(9,14)15/h1-5H,(H,12,13). The molecule has 0 spiro atoms. The molecular formula is C11H6O4S2. The van der Waals surface area contributed by atoms with Crippen LogP contribution in [0.15, 0.2) is 40.1 Å².